The van der Waals surface area contributed by atoms with Crippen molar-refractivity contribution >= 4 is 40.4 Å². The minimum absolute atomic E-state index is 0.0991. The Kier molecular flexibility index (Phi) is 5.04. The zero-order valence-electron chi connectivity index (χ0n) is 15.2. The van der Waals surface area contributed by atoms with Crippen molar-refractivity contribution in [3.63, 3.8) is 0 Å². The number of nitrogens with one attached hydrogen (secondary N) is 1. The number of thioether (sulfide) groups is 2. The maximum atomic E-state index is 12.6. The topological polar surface area (TPSA) is 111 Å². The summed E-state index contributed by atoms with van der Waals surface area (Å²) in [5.74, 6) is -0.629. The first-order valence-corrected chi connectivity index (χ1v) is 10.8. The van der Waals surface area contributed by atoms with Crippen LogP contribution in [0.15, 0.2) is 15.6 Å². The zero-order chi connectivity index (χ0) is 19.3. The highest BCUT2D eigenvalue weighted by Crippen LogP contribution is 2.54. The van der Waals surface area contributed by atoms with E-state index in [0.29, 0.717) is 0 Å². The third-order valence-corrected chi connectivity index (χ3v) is 8.57. The summed E-state index contributed by atoms with van der Waals surface area (Å²) in [5.41, 5.74) is 0.211. The van der Waals surface area contributed by atoms with E-state index in [-0.39, 0.29) is 28.3 Å². The van der Waals surface area contributed by atoms with Gasteiger partial charge in [0.05, 0.1) is 27.9 Å². The van der Waals surface area contributed by atoms with Gasteiger partial charge in [0.15, 0.2) is 6.79 Å². The number of ether oxygens (including phenoxy) is 1. The molecule has 4 aliphatic rings. The number of carbonyl (C=O) groups excluding carboxylic acids is 2. The number of fused-ring (bicyclic) bond motifs is 1. The second kappa shape index (κ2) is 7.07. The predicted octanol–water partition coefficient (Wildman–Crippen LogP) is -0.231. The molecule has 4 rings (SSSR count). The van der Waals surface area contributed by atoms with Crippen LogP contribution >= 0.6 is 23.5 Å². The van der Waals surface area contributed by atoms with Gasteiger partial charge >= 0.3 is 5.97 Å². The SMILES string of the molecule is C[C@@H](O)[C@H]1C(=O)N2C(C(=O)OCO)=C(SC3(C4=NCCS4)CNC3)[C@H](C)[C@H]12. The van der Waals surface area contributed by atoms with Gasteiger partial charge in [-0.15, -0.1) is 23.5 Å². The Labute approximate surface area is 165 Å². The van der Waals surface area contributed by atoms with Crippen LogP contribution in [0, 0.1) is 11.8 Å². The summed E-state index contributed by atoms with van der Waals surface area (Å²) in [6.07, 6.45) is -0.783. The molecule has 1 amide bonds. The van der Waals surface area contributed by atoms with Crippen LogP contribution in [0.3, 0.4) is 0 Å². The lowest BCUT2D eigenvalue weighted by atomic mass is 9.79. The van der Waals surface area contributed by atoms with Crippen molar-refractivity contribution in [2.75, 3.05) is 32.2 Å². The smallest absolute Gasteiger partial charge is 0.358 e. The molecule has 4 heterocycles. The molecule has 4 atom stereocenters. The van der Waals surface area contributed by atoms with Crippen molar-refractivity contribution < 1.29 is 24.5 Å². The molecule has 0 aliphatic carbocycles. The summed E-state index contributed by atoms with van der Waals surface area (Å²) in [4.78, 5) is 32.0. The van der Waals surface area contributed by atoms with Crippen LogP contribution in [-0.4, -0.2) is 81.1 Å². The van der Waals surface area contributed by atoms with Crippen molar-refractivity contribution in [1.29, 1.82) is 0 Å². The molecule has 8 nitrogen and oxygen atoms in total. The van der Waals surface area contributed by atoms with E-state index in [1.807, 2.05) is 6.92 Å². The standard InChI is InChI=1S/C17H23N3O5S2/c1-8-11-10(9(2)22)14(23)20(11)12(15(24)25-7-21)13(8)27-17(5-18-6-17)16-19-3-4-26-16/h8-11,18,21-22H,3-7H2,1-2H3/t8-,9-,10-,11-/m1/s1. The Hall–Kier alpha value is -1.07. The molecule has 0 bridgehead atoms. The van der Waals surface area contributed by atoms with Gasteiger partial charge < -0.3 is 25.2 Å². The van der Waals surface area contributed by atoms with Gasteiger partial charge in [-0.2, -0.15) is 0 Å². The number of rotatable bonds is 6. The van der Waals surface area contributed by atoms with Crippen molar-refractivity contribution in [2.45, 2.75) is 30.7 Å². The van der Waals surface area contributed by atoms with E-state index in [0.717, 1.165) is 35.3 Å². The summed E-state index contributed by atoms with van der Waals surface area (Å²) in [6.45, 7) is 5.14. The molecular weight excluding hydrogens is 390 g/mol. The average molecular weight is 414 g/mol. The van der Waals surface area contributed by atoms with Crippen LogP contribution in [0.25, 0.3) is 0 Å². The second-order valence-electron chi connectivity index (χ2n) is 7.26. The van der Waals surface area contributed by atoms with Crippen LogP contribution in [0.4, 0.5) is 0 Å². The first-order valence-electron chi connectivity index (χ1n) is 9.02. The number of nitrogens with zero attached hydrogens (tertiary/aromatic N) is 2. The predicted molar refractivity (Wildman–Crippen MR) is 103 cm³/mol. The van der Waals surface area contributed by atoms with Crippen LogP contribution in [0.2, 0.25) is 0 Å². The Bertz CT molecular complexity index is 734. The Morgan fingerprint density at radius 3 is 2.81 bits per heavy atom. The largest absolute Gasteiger partial charge is 0.434 e. The summed E-state index contributed by atoms with van der Waals surface area (Å²) in [7, 11) is 0. The van der Waals surface area contributed by atoms with Crippen LogP contribution in [0.5, 0.6) is 0 Å². The van der Waals surface area contributed by atoms with Gasteiger partial charge in [0, 0.05) is 36.2 Å². The highest BCUT2D eigenvalue weighted by Gasteiger charge is 2.61. The summed E-state index contributed by atoms with van der Waals surface area (Å²) in [5, 5.41) is 23.4. The van der Waals surface area contributed by atoms with Crippen molar-refractivity contribution in [3.05, 3.63) is 10.6 Å². The van der Waals surface area contributed by atoms with Crippen molar-refractivity contribution in [1.82, 2.24) is 10.2 Å². The van der Waals surface area contributed by atoms with E-state index in [1.165, 1.54) is 4.90 Å². The minimum atomic E-state index is -0.783. The number of aliphatic hydroxyl groups is 2. The lowest BCUT2D eigenvalue weighted by Gasteiger charge is -2.46. The lowest BCUT2D eigenvalue weighted by molar-refractivity contribution is -0.166. The number of aliphatic imine (C=N–C) groups is 1. The minimum Gasteiger partial charge on any atom is -0.434 e. The normalized spacial score (nSPS) is 32.6. The van der Waals surface area contributed by atoms with Gasteiger partial charge in [-0.25, -0.2) is 4.79 Å². The number of hydrogen-bond donors (Lipinski definition) is 3. The molecule has 2 saturated heterocycles. The molecule has 0 radical (unpaired) electrons. The molecule has 0 aromatic heterocycles. The number of carbonyl (C=O) groups is 2. The number of esters is 1. The molecule has 0 spiro atoms. The van der Waals surface area contributed by atoms with Gasteiger partial charge in [0.25, 0.3) is 0 Å². The zero-order valence-corrected chi connectivity index (χ0v) is 16.8. The molecule has 2 fully saturated rings. The van der Waals surface area contributed by atoms with Gasteiger partial charge in [0.2, 0.25) is 5.91 Å². The van der Waals surface area contributed by atoms with E-state index in [4.69, 9.17) is 9.84 Å². The van der Waals surface area contributed by atoms with Crippen LogP contribution < -0.4 is 5.32 Å². The van der Waals surface area contributed by atoms with Gasteiger partial charge in [0.1, 0.15) is 5.70 Å². The van der Waals surface area contributed by atoms with Crippen molar-refractivity contribution in [2.24, 2.45) is 16.8 Å². The first kappa shape index (κ1) is 19.3. The molecule has 10 heteroatoms. The monoisotopic (exact) mass is 413 g/mol. The Morgan fingerprint density at radius 2 is 2.30 bits per heavy atom. The molecular formula is C17H23N3O5S2. The maximum absolute atomic E-state index is 12.6. The first-order chi connectivity index (χ1) is 12.9. The number of hydrogen-bond acceptors (Lipinski definition) is 9. The van der Waals surface area contributed by atoms with Gasteiger partial charge in [-0.3, -0.25) is 9.79 Å². The summed E-state index contributed by atoms with van der Waals surface area (Å²) < 4.78 is 4.60. The fourth-order valence-corrected chi connectivity index (χ4v) is 7.01. The Morgan fingerprint density at radius 1 is 1.56 bits per heavy atom. The molecule has 148 valence electrons. The molecule has 3 N–H and O–H groups in total. The van der Waals surface area contributed by atoms with E-state index >= 15 is 0 Å². The molecule has 0 saturated carbocycles. The van der Waals surface area contributed by atoms with E-state index < -0.39 is 24.8 Å². The highest BCUT2D eigenvalue weighted by molar-refractivity contribution is 8.17. The van der Waals surface area contributed by atoms with E-state index in [9.17, 15) is 14.7 Å². The molecule has 0 aromatic carbocycles. The number of aliphatic hydroxyl groups excluding tert-OH is 2. The van der Waals surface area contributed by atoms with Gasteiger partial charge in [-0.1, -0.05) is 6.92 Å². The third kappa shape index (κ3) is 2.84. The second-order valence-corrected chi connectivity index (χ2v) is 9.77. The summed E-state index contributed by atoms with van der Waals surface area (Å²) >= 11 is 3.32. The van der Waals surface area contributed by atoms with Crippen LogP contribution in [-0.2, 0) is 14.3 Å². The van der Waals surface area contributed by atoms with E-state index in [1.54, 1.807) is 30.4 Å². The van der Waals surface area contributed by atoms with Crippen molar-refractivity contribution in [3.8, 4) is 0 Å². The molecule has 0 aromatic rings. The molecule has 4 aliphatic heterocycles. The quantitative estimate of drug-likeness (QED) is 0.311. The number of amides is 1. The fraction of sp³-hybridized carbons (Fsp3) is 0.706. The maximum Gasteiger partial charge on any atom is 0.358 e. The highest BCUT2D eigenvalue weighted by atomic mass is 32.2. The van der Waals surface area contributed by atoms with E-state index in [2.05, 4.69) is 10.3 Å². The van der Waals surface area contributed by atoms with Crippen LogP contribution in [0.1, 0.15) is 13.8 Å². The lowest BCUT2D eigenvalue weighted by Crippen LogP contribution is -2.63. The number of β-lactam (4-membered cyclic amide) rings is 1. The Balaban J connectivity index is 1.69. The summed E-state index contributed by atoms with van der Waals surface area (Å²) in [6, 6.07) is -0.260. The van der Waals surface area contributed by atoms with Gasteiger partial charge in [-0.05, 0) is 6.92 Å². The third-order valence-electron chi connectivity index (χ3n) is 5.60. The molecule has 27 heavy (non-hydrogen) atoms. The average Bonchev–Trinajstić information content (AvgIpc) is 3.17. The molecule has 0 unspecified atom stereocenters. The fourth-order valence-electron chi connectivity index (χ4n) is 4.21.